The first-order valence-electron chi connectivity index (χ1n) is 12.1. The zero-order valence-electron chi connectivity index (χ0n) is 21.5. The van der Waals surface area contributed by atoms with Gasteiger partial charge in [-0.15, -0.1) is 0 Å². The highest BCUT2D eigenvalue weighted by Gasteiger charge is 2.27. The second-order valence-corrected chi connectivity index (χ2v) is 10.6. The first kappa shape index (κ1) is 28.0. The van der Waals surface area contributed by atoms with E-state index in [2.05, 4.69) is 10.5 Å². The van der Waals surface area contributed by atoms with Crippen LogP contribution in [0, 0.1) is 17.0 Å². The third-order valence-corrected chi connectivity index (χ3v) is 7.56. The summed E-state index contributed by atoms with van der Waals surface area (Å²) in [4.78, 5) is 23.1. The lowest BCUT2D eigenvalue weighted by Gasteiger charge is -2.23. The summed E-state index contributed by atoms with van der Waals surface area (Å²) in [6, 6.07) is 27.8. The zero-order valence-corrected chi connectivity index (χ0v) is 22.3. The number of benzene rings is 4. The SMILES string of the molecule is Cc1ccc(N(CC(=O)N/N=C\c2ccc(OCc3ccc([N+](=O)[O-])cc3)cc2)S(=O)(=O)c2ccccc2)cc1. The molecular formula is C29H26N4O6S. The zero-order chi connectivity index (χ0) is 28.5. The van der Waals surface area contributed by atoms with Crippen LogP contribution in [0.15, 0.2) is 113 Å². The van der Waals surface area contributed by atoms with Gasteiger partial charge in [0, 0.05) is 12.1 Å². The summed E-state index contributed by atoms with van der Waals surface area (Å²) in [5.41, 5.74) is 5.18. The number of aryl methyl sites for hydroxylation is 1. The summed E-state index contributed by atoms with van der Waals surface area (Å²) in [6.45, 7) is 1.66. The Kier molecular flexibility index (Phi) is 8.87. The molecule has 40 heavy (non-hydrogen) atoms. The van der Waals surface area contributed by atoms with Crippen LogP contribution in [0.1, 0.15) is 16.7 Å². The molecule has 4 aromatic carbocycles. The number of hydrogen-bond donors (Lipinski definition) is 1. The maximum atomic E-state index is 13.3. The van der Waals surface area contributed by atoms with Crippen LogP contribution in [-0.2, 0) is 21.4 Å². The number of nitro benzene ring substituents is 1. The highest BCUT2D eigenvalue weighted by atomic mass is 32.2. The van der Waals surface area contributed by atoms with E-state index < -0.39 is 27.4 Å². The van der Waals surface area contributed by atoms with Gasteiger partial charge in [0.2, 0.25) is 0 Å². The molecule has 0 radical (unpaired) electrons. The molecule has 4 rings (SSSR count). The average Bonchev–Trinajstić information content (AvgIpc) is 2.96. The molecule has 0 aliphatic heterocycles. The number of rotatable bonds is 11. The van der Waals surface area contributed by atoms with Crippen LogP contribution in [0.2, 0.25) is 0 Å². The fourth-order valence-corrected chi connectivity index (χ4v) is 5.06. The fourth-order valence-electron chi connectivity index (χ4n) is 3.62. The number of hydrazone groups is 1. The van der Waals surface area contributed by atoms with Crippen molar-refractivity contribution in [2.45, 2.75) is 18.4 Å². The summed E-state index contributed by atoms with van der Waals surface area (Å²) >= 11 is 0. The van der Waals surface area contributed by atoms with Crippen molar-refractivity contribution < 1.29 is 22.9 Å². The van der Waals surface area contributed by atoms with Crippen molar-refractivity contribution in [2.75, 3.05) is 10.8 Å². The summed E-state index contributed by atoms with van der Waals surface area (Å²) in [6.07, 6.45) is 1.43. The monoisotopic (exact) mass is 558 g/mol. The predicted molar refractivity (Wildman–Crippen MR) is 152 cm³/mol. The minimum atomic E-state index is -4.00. The topological polar surface area (TPSA) is 131 Å². The Bertz CT molecular complexity index is 1590. The number of sulfonamides is 1. The molecule has 0 bridgehead atoms. The van der Waals surface area contributed by atoms with Gasteiger partial charge < -0.3 is 4.74 Å². The lowest BCUT2D eigenvalue weighted by molar-refractivity contribution is -0.384. The molecule has 10 nitrogen and oxygen atoms in total. The van der Waals surface area contributed by atoms with Gasteiger partial charge in [-0.2, -0.15) is 5.10 Å². The van der Waals surface area contributed by atoms with Crippen molar-refractivity contribution in [1.82, 2.24) is 5.43 Å². The first-order chi connectivity index (χ1) is 19.2. The molecule has 0 saturated carbocycles. The van der Waals surface area contributed by atoms with Crippen LogP contribution >= 0.6 is 0 Å². The smallest absolute Gasteiger partial charge is 0.269 e. The van der Waals surface area contributed by atoms with Gasteiger partial charge >= 0.3 is 0 Å². The standard InChI is InChI=1S/C29H26N4O6S/c1-22-7-13-25(14-8-22)32(40(37,38)28-5-3-2-4-6-28)20-29(34)31-30-19-23-11-17-27(18-12-23)39-21-24-9-15-26(16-10-24)33(35)36/h2-19H,20-21H2,1H3,(H,31,34)/b30-19-. The molecule has 0 aromatic heterocycles. The maximum absolute atomic E-state index is 13.3. The third kappa shape index (κ3) is 7.29. The minimum Gasteiger partial charge on any atom is -0.489 e. The number of ether oxygens (including phenoxy) is 1. The van der Waals surface area contributed by atoms with Gasteiger partial charge in [0.1, 0.15) is 18.9 Å². The lowest BCUT2D eigenvalue weighted by Crippen LogP contribution is -2.39. The number of carbonyl (C=O) groups is 1. The number of hydrogen-bond acceptors (Lipinski definition) is 7. The number of non-ortho nitro benzene ring substituents is 1. The maximum Gasteiger partial charge on any atom is 0.269 e. The number of amides is 1. The number of nitrogens with zero attached hydrogens (tertiary/aromatic N) is 3. The average molecular weight is 559 g/mol. The van der Waals surface area contributed by atoms with Crippen molar-refractivity contribution >= 4 is 33.5 Å². The van der Waals surface area contributed by atoms with Gasteiger partial charge in [-0.3, -0.25) is 19.2 Å². The molecule has 204 valence electrons. The van der Waals surface area contributed by atoms with Gasteiger partial charge in [-0.05, 0) is 78.7 Å². The second-order valence-electron chi connectivity index (χ2n) is 8.73. The quantitative estimate of drug-likeness (QED) is 0.159. The van der Waals surface area contributed by atoms with Gasteiger partial charge in [-0.1, -0.05) is 35.9 Å². The Morgan fingerprint density at radius 2 is 1.60 bits per heavy atom. The summed E-state index contributed by atoms with van der Waals surface area (Å²) in [5.74, 6) is -0.0289. The molecule has 1 N–H and O–H groups in total. The Morgan fingerprint density at radius 3 is 2.23 bits per heavy atom. The van der Waals surface area contributed by atoms with E-state index in [0.29, 0.717) is 17.0 Å². The van der Waals surface area contributed by atoms with Gasteiger partial charge in [-0.25, -0.2) is 13.8 Å². The van der Waals surface area contributed by atoms with Crippen molar-refractivity contribution in [1.29, 1.82) is 0 Å². The molecular weight excluding hydrogens is 532 g/mol. The van der Waals surface area contributed by atoms with E-state index >= 15 is 0 Å². The van der Waals surface area contributed by atoms with E-state index in [-0.39, 0.29) is 17.2 Å². The highest BCUT2D eigenvalue weighted by Crippen LogP contribution is 2.24. The van der Waals surface area contributed by atoms with E-state index in [0.717, 1.165) is 15.4 Å². The van der Waals surface area contributed by atoms with Crippen LogP contribution in [0.3, 0.4) is 0 Å². The highest BCUT2D eigenvalue weighted by molar-refractivity contribution is 7.92. The normalized spacial score (nSPS) is 11.2. The fraction of sp³-hybridized carbons (Fsp3) is 0.103. The molecule has 0 aliphatic rings. The van der Waals surface area contributed by atoms with E-state index in [1.807, 2.05) is 6.92 Å². The summed E-state index contributed by atoms with van der Waals surface area (Å²) in [7, 11) is -4.00. The van der Waals surface area contributed by atoms with E-state index in [4.69, 9.17) is 4.74 Å². The van der Waals surface area contributed by atoms with E-state index in [1.54, 1.807) is 78.9 Å². The molecule has 0 heterocycles. The third-order valence-electron chi connectivity index (χ3n) is 5.78. The Hall–Kier alpha value is -5.03. The summed E-state index contributed by atoms with van der Waals surface area (Å²) in [5, 5.41) is 14.7. The van der Waals surface area contributed by atoms with Gasteiger partial charge in [0.25, 0.3) is 21.6 Å². The number of nitro groups is 1. The minimum absolute atomic E-state index is 0.0140. The molecule has 1 amide bonds. The molecule has 4 aromatic rings. The predicted octanol–water partition coefficient (Wildman–Crippen LogP) is 4.83. The van der Waals surface area contributed by atoms with Crippen molar-refractivity contribution in [3.05, 3.63) is 130 Å². The van der Waals surface area contributed by atoms with Crippen LogP contribution in [0.25, 0.3) is 0 Å². The van der Waals surface area contributed by atoms with Crippen molar-refractivity contribution in [2.24, 2.45) is 5.10 Å². The van der Waals surface area contributed by atoms with Gasteiger partial charge in [0.15, 0.2) is 0 Å². The van der Waals surface area contributed by atoms with Crippen LogP contribution in [0.5, 0.6) is 5.75 Å². The molecule has 0 fully saturated rings. The molecule has 0 unspecified atom stereocenters. The largest absolute Gasteiger partial charge is 0.489 e. The summed E-state index contributed by atoms with van der Waals surface area (Å²) < 4.78 is 33.4. The van der Waals surface area contributed by atoms with E-state index in [9.17, 15) is 23.3 Å². The number of nitrogens with one attached hydrogen (secondary N) is 1. The Labute approximate surface area is 231 Å². The molecule has 0 aliphatic carbocycles. The Balaban J connectivity index is 1.36. The molecule has 0 atom stereocenters. The van der Waals surface area contributed by atoms with Gasteiger partial charge in [0.05, 0.1) is 21.7 Å². The van der Waals surface area contributed by atoms with Crippen LogP contribution in [0.4, 0.5) is 11.4 Å². The second kappa shape index (κ2) is 12.7. The molecule has 0 saturated heterocycles. The number of carbonyl (C=O) groups excluding carboxylic acids is 1. The molecule has 0 spiro atoms. The van der Waals surface area contributed by atoms with Crippen LogP contribution in [-0.4, -0.2) is 32.0 Å². The first-order valence-corrected chi connectivity index (χ1v) is 13.6. The van der Waals surface area contributed by atoms with E-state index in [1.165, 1.54) is 30.5 Å². The Morgan fingerprint density at radius 1 is 0.950 bits per heavy atom. The van der Waals surface area contributed by atoms with Crippen molar-refractivity contribution in [3.63, 3.8) is 0 Å². The molecule has 11 heteroatoms. The van der Waals surface area contributed by atoms with Crippen LogP contribution < -0.4 is 14.5 Å². The lowest BCUT2D eigenvalue weighted by atomic mass is 10.2. The number of anilines is 1. The van der Waals surface area contributed by atoms with Crippen molar-refractivity contribution in [3.8, 4) is 5.75 Å².